The van der Waals surface area contributed by atoms with Gasteiger partial charge in [-0.05, 0) is 21.5 Å². The molecule has 1 aliphatic heterocycles. The van der Waals surface area contributed by atoms with Gasteiger partial charge in [0.2, 0.25) is 0 Å². The maximum atomic E-state index is 10.8. The van der Waals surface area contributed by atoms with Gasteiger partial charge >= 0.3 is 8.10 Å². The van der Waals surface area contributed by atoms with Crippen molar-refractivity contribution < 1.29 is 4.57 Å². The maximum absolute atomic E-state index is 10.8. The first-order valence-corrected chi connectivity index (χ1v) is 3.73. The molecule has 0 fully saturated rings. The van der Waals surface area contributed by atoms with Gasteiger partial charge in [-0.1, -0.05) is 0 Å². The third-order valence-corrected chi connectivity index (χ3v) is 2.28. The Morgan fingerprint density at radius 1 is 1.67 bits per heavy atom. The average Bonchev–Trinajstić information content (AvgIpc) is 2.35. The van der Waals surface area contributed by atoms with Crippen molar-refractivity contribution >= 4 is 14.3 Å². The molecule has 1 aliphatic rings. The van der Waals surface area contributed by atoms with Gasteiger partial charge in [-0.3, -0.25) is 0 Å². The highest BCUT2D eigenvalue weighted by molar-refractivity contribution is 7.42. The Morgan fingerprint density at radius 2 is 2.56 bits per heavy atom. The van der Waals surface area contributed by atoms with Crippen LogP contribution in [0.2, 0.25) is 0 Å². The van der Waals surface area contributed by atoms with Crippen molar-refractivity contribution in [1.82, 2.24) is 4.34 Å². The van der Waals surface area contributed by atoms with Gasteiger partial charge in [0.05, 0.1) is 6.20 Å². The quantitative estimate of drug-likeness (QED) is 0.500. The Labute approximate surface area is 52.9 Å². The van der Waals surface area contributed by atoms with Crippen molar-refractivity contribution in [2.75, 3.05) is 0 Å². The molecule has 1 atom stereocenters. The van der Waals surface area contributed by atoms with Crippen molar-refractivity contribution in [3.63, 3.8) is 0 Å². The number of nitrogens with zero attached hydrogens (tertiary/aromatic N) is 2. The Hall–Kier alpha value is -0.950. The summed E-state index contributed by atoms with van der Waals surface area (Å²) in [4.78, 5) is 0. The SMILES string of the molecule is O=[P+]1N=Cc2cccn21. The number of fused-ring (bicyclic) bond motifs is 1. The van der Waals surface area contributed by atoms with E-state index in [1.165, 1.54) is 0 Å². The summed E-state index contributed by atoms with van der Waals surface area (Å²) in [5.41, 5.74) is 0.927. The molecule has 0 aliphatic carbocycles. The fourth-order valence-electron chi connectivity index (χ4n) is 0.808. The van der Waals surface area contributed by atoms with Crippen molar-refractivity contribution in [2.45, 2.75) is 0 Å². The Bertz CT molecular complexity index is 289. The van der Waals surface area contributed by atoms with Gasteiger partial charge < -0.3 is 0 Å². The lowest BCUT2D eigenvalue weighted by atomic mass is 10.5. The van der Waals surface area contributed by atoms with Crippen molar-refractivity contribution in [1.29, 1.82) is 0 Å². The first kappa shape index (κ1) is 4.89. The predicted octanol–water partition coefficient (Wildman–Crippen LogP) is 1.43. The zero-order valence-electron chi connectivity index (χ0n) is 4.56. The van der Waals surface area contributed by atoms with Gasteiger partial charge in [0.25, 0.3) is 0 Å². The lowest BCUT2D eigenvalue weighted by molar-refractivity contribution is 0.585. The molecular formula is C5H4N2OP+. The highest BCUT2D eigenvalue weighted by Gasteiger charge is 2.25. The second-order valence-corrected chi connectivity index (χ2v) is 2.94. The molecule has 3 nitrogen and oxygen atoms in total. The molecule has 1 unspecified atom stereocenters. The van der Waals surface area contributed by atoms with E-state index in [0.717, 1.165) is 5.69 Å². The molecule has 2 heterocycles. The molecule has 4 heteroatoms. The summed E-state index contributed by atoms with van der Waals surface area (Å²) in [6.07, 6.45) is 3.39. The topological polar surface area (TPSA) is 34.4 Å². The minimum absolute atomic E-state index is 0.927. The van der Waals surface area contributed by atoms with Crippen molar-refractivity contribution in [2.24, 2.45) is 4.76 Å². The van der Waals surface area contributed by atoms with Crippen LogP contribution in [0.3, 0.4) is 0 Å². The molecular weight excluding hydrogens is 135 g/mol. The third kappa shape index (κ3) is 0.552. The van der Waals surface area contributed by atoms with Crippen LogP contribution in [0.25, 0.3) is 0 Å². The molecule has 1 aromatic rings. The van der Waals surface area contributed by atoms with Crippen LogP contribution in [0, 0.1) is 0 Å². The molecule has 0 bridgehead atoms. The first-order chi connectivity index (χ1) is 4.38. The molecule has 0 aromatic carbocycles. The summed E-state index contributed by atoms with van der Waals surface area (Å²) in [6, 6.07) is 3.73. The molecule has 0 spiro atoms. The molecule has 2 rings (SSSR count). The van der Waals surface area contributed by atoms with Crippen LogP contribution < -0.4 is 0 Å². The summed E-state index contributed by atoms with van der Waals surface area (Å²) in [5.74, 6) is 0. The lowest BCUT2D eigenvalue weighted by Crippen LogP contribution is -1.80. The van der Waals surface area contributed by atoms with Crippen LogP contribution in [0.15, 0.2) is 23.1 Å². The minimum atomic E-state index is -1.51. The summed E-state index contributed by atoms with van der Waals surface area (Å²) < 4.78 is 16.2. The second-order valence-electron chi connectivity index (χ2n) is 1.77. The van der Waals surface area contributed by atoms with E-state index in [1.807, 2.05) is 12.1 Å². The van der Waals surface area contributed by atoms with Crippen LogP contribution in [-0.2, 0) is 4.57 Å². The van der Waals surface area contributed by atoms with Crippen LogP contribution in [0.1, 0.15) is 5.69 Å². The fourth-order valence-corrected chi connectivity index (χ4v) is 1.64. The molecule has 0 saturated carbocycles. The van der Waals surface area contributed by atoms with Crippen molar-refractivity contribution in [3.8, 4) is 0 Å². The van der Waals surface area contributed by atoms with E-state index in [-0.39, 0.29) is 0 Å². The number of hydrogen-bond donors (Lipinski definition) is 0. The van der Waals surface area contributed by atoms with E-state index in [9.17, 15) is 4.57 Å². The normalized spacial score (nSPS) is 18.4. The van der Waals surface area contributed by atoms with Gasteiger partial charge in [-0.25, -0.2) is 0 Å². The zero-order chi connectivity index (χ0) is 6.27. The second kappa shape index (κ2) is 1.52. The Balaban J connectivity index is 2.73. The maximum Gasteiger partial charge on any atom is 0.623 e. The number of rotatable bonds is 0. The van der Waals surface area contributed by atoms with E-state index in [2.05, 4.69) is 4.76 Å². The lowest BCUT2D eigenvalue weighted by Gasteiger charge is -1.73. The van der Waals surface area contributed by atoms with Crippen molar-refractivity contribution in [3.05, 3.63) is 24.0 Å². The van der Waals surface area contributed by atoms with E-state index in [1.54, 1.807) is 16.7 Å². The van der Waals surface area contributed by atoms with E-state index < -0.39 is 8.10 Å². The standard InChI is InChI=1S/C5H4N2OP/c8-9-6-4-5-2-1-3-7(5)9/h1-4H/q+1. The van der Waals surface area contributed by atoms with Crippen LogP contribution in [0.5, 0.6) is 0 Å². The van der Waals surface area contributed by atoms with E-state index in [0.29, 0.717) is 0 Å². The largest absolute Gasteiger partial charge is 0.623 e. The summed E-state index contributed by atoms with van der Waals surface area (Å²) >= 11 is 0. The average molecular weight is 139 g/mol. The zero-order valence-corrected chi connectivity index (χ0v) is 5.45. The van der Waals surface area contributed by atoms with Crippen LogP contribution >= 0.6 is 8.10 Å². The van der Waals surface area contributed by atoms with E-state index >= 15 is 0 Å². The van der Waals surface area contributed by atoms with Gasteiger partial charge in [0.1, 0.15) is 11.9 Å². The number of aromatic nitrogens is 1. The van der Waals surface area contributed by atoms with Gasteiger partial charge in [0, 0.05) is 0 Å². The monoisotopic (exact) mass is 139 g/mol. The summed E-state index contributed by atoms with van der Waals surface area (Å²) in [5, 5.41) is 0. The molecule has 1 aromatic heterocycles. The highest BCUT2D eigenvalue weighted by Crippen LogP contribution is 2.31. The molecule has 0 N–H and O–H groups in total. The Kier molecular flexibility index (Phi) is 0.822. The minimum Gasteiger partial charge on any atom is -0.117 e. The number of hydrogen-bond acceptors (Lipinski definition) is 1. The third-order valence-electron chi connectivity index (χ3n) is 1.23. The van der Waals surface area contributed by atoms with Crippen LogP contribution in [-0.4, -0.2) is 10.6 Å². The molecule has 0 saturated heterocycles. The summed E-state index contributed by atoms with van der Waals surface area (Å²) in [6.45, 7) is 0. The van der Waals surface area contributed by atoms with Gasteiger partial charge in [-0.15, -0.1) is 4.34 Å². The molecule has 0 amide bonds. The fraction of sp³-hybridized carbons (Fsp3) is 0. The molecule has 9 heavy (non-hydrogen) atoms. The first-order valence-electron chi connectivity index (χ1n) is 2.57. The van der Waals surface area contributed by atoms with E-state index in [4.69, 9.17) is 0 Å². The summed E-state index contributed by atoms with van der Waals surface area (Å²) in [7, 11) is -1.51. The predicted molar refractivity (Wildman–Crippen MR) is 35.0 cm³/mol. The molecule has 0 radical (unpaired) electrons. The highest BCUT2D eigenvalue weighted by atomic mass is 31.1. The smallest absolute Gasteiger partial charge is 0.117 e. The van der Waals surface area contributed by atoms with Gasteiger partial charge in [-0.2, -0.15) is 0 Å². The molecule has 44 valence electrons. The van der Waals surface area contributed by atoms with Crippen LogP contribution in [0.4, 0.5) is 0 Å². The Morgan fingerprint density at radius 3 is 3.33 bits per heavy atom. The van der Waals surface area contributed by atoms with Gasteiger partial charge in [0.15, 0.2) is 0 Å².